The number of benzene rings is 1. The summed E-state index contributed by atoms with van der Waals surface area (Å²) in [7, 11) is 0. The summed E-state index contributed by atoms with van der Waals surface area (Å²) in [5.41, 5.74) is 1.23. The molecule has 0 bridgehead atoms. The van der Waals surface area contributed by atoms with Crippen molar-refractivity contribution in [3.05, 3.63) is 29.8 Å². The smallest absolute Gasteiger partial charge is 0.263 e. The standard InChI is InChI=1S/C16H23NO2/c1-3-14-8-7-9-15(12-14)19-13(2)16(18)17-10-5-4-6-11-17/h7-9,12-13H,3-6,10-11H2,1-2H3/t13-/m1/s1. The third kappa shape index (κ3) is 3.72. The van der Waals surface area contributed by atoms with Gasteiger partial charge in [-0.2, -0.15) is 0 Å². The third-order valence-corrected chi connectivity index (χ3v) is 3.64. The number of carbonyl (C=O) groups excluding carboxylic acids is 1. The number of nitrogens with zero attached hydrogens (tertiary/aromatic N) is 1. The van der Waals surface area contributed by atoms with E-state index in [0.29, 0.717) is 0 Å². The van der Waals surface area contributed by atoms with Crippen LogP contribution in [0.5, 0.6) is 5.75 Å². The van der Waals surface area contributed by atoms with Crippen molar-refractivity contribution < 1.29 is 9.53 Å². The molecule has 1 aromatic rings. The molecule has 1 aliphatic heterocycles. The lowest BCUT2D eigenvalue weighted by molar-refractivity contribution is -0.138. The summed E-state index contributed by atoms with van der Waals surface area (Å²) < 4.78 is 5.78. The monoisotopic (exact) mass is 261 g/mol. The normalized spacial score (nSPS) is 17.1. The SMILES string of the molecule is CCc1cccc(O[C@H](C)C(=O)N2CCCCC2)c1. The Morgan fingerprint density at radius 2 is 2.05 bits per heavy atom. The summed E-state index contributed by atoms with van der Waals surface area (Å²) in [6.07, 6.45) is 4.04. The van der Waals surface area contributed by atoms with Gasteiger partial charge < -0.3 is 9.64 Å². The molecule has 1 saturated heterocycles. The number of hydrogen-bond acceptors (Lipinski definition) is 2. The lowest BCUT2D eigenvalue weighted by Crippen LogP contribution is -2.43. The van der Waals surface area contributed by atoms with Gasteiger partial charge in [0.25, 0.3) is 5.91 Å². The molecule has 0 aliphatic carbocycles. The van der Waals surface area contributed by atoms with Crippen molar-refractivity contribution >= 4 is 5.91 Å². The lowest BCUT2D eigenvalue weighted by atomic mass is 10.1. The highest BCUT2D eigenvalue weighted by Gasteiger charge is 2.23. The van der Waals surface area contributed by atoms with Crippen molar-refractivity contribution in [1.29, 1.82) is 0 Å². The molecule has 104 valence electrons. The van der Waals surface area contributed by atoms with E-state index in [4.69, 9.17) is 4.74 Å². The van der Waals surface area contributed by atoms with Gasteiger partial charge in [-0.05, 0) is 50.3 Å². The number of hydrogen-bond donors (Lipinski definition) is 0. The van der Waals surface area contributed by atoms with E-state index in [0.717, 1.165) is 38.1 Å². The van der Waals surface area contributed by atoms with Gasteiger partial charge >= 0.3 is 0 Å². The van der Waals surface area contributed by atoms with Gasteiger partial charge in [0.2, 0.25) is 0 Å². The fourth-order valence-electron chi connectivity index (χ4n) is 2.46. The molecule has 0 N–H and O–H groups in total. The summed E-state index contributed by atoms with van der Waals surface area (Å²) in [5, 5.41) is 0. The van der Waals surface area contributed by atoms with Crippen LogP contribution in [0.2, 0.25) is 0 Å². The van der Waals surface area contributed by atoms with E-state index in [2.05, 4.69) is 13.0 Å². The maximum absolute atomic E-state index is 12.3. The largest absolute Gasteiger partial charge is 0.481 e. The van der Waals surface area contributed by atoms with Gasteiger partial charge in [0, 0.05) is 13.1 Å². The first-order chi connectivity index (χ1) is 9.20. The highest BCUT2D eigenvalue weighted by atomic mass is 16.5. The Bertz CT molecular complexity index is 425. The minimum Gasteiger partial charge on any atom is -0.481 e. The second kappa shape index (κ2) is 6.60. The number of aryl methyl sites for hydroxylation is 1. The maximum atomic E-state index is 12.3. The first-order valence-corrected chi connectivity index (χ1v) is 7.25. The van der Waals surface area contributed by atoms with Crippen molar-refractivity contribution in [2.24, 2.45) is 0 Å². The van der Waals surface area contributed by atoms with Crippen molar-refractivity contribution in [2.75, 3.05) is 13.1 Å². The number of piperidine rings is 1. The van der Waals surface area contributed by atoms with Crippen molar-refractivity contribution in [3.63, 3.8) is 0 Å². The topological polar surface area (TPSA) is 29.5 Å². The number of rotatable bonds is 4. The average molecular weight is 261 g/mol. The molecule has 0 radical (unpaired) electrons. The van der Waals surface area contributed by atoms with Crippen LogP contribution < -0.4 is 4.74 Å². The number of likely N-dealkylation sites (tertiary alicyclic amines) is 1. The molecule has 3 nitrogen and oxygen atoms in total. The first kappa shape index (κ1) is 13.9. The van der Waals surface area contributed by atoms with Crippen LogP contribution in [0.1, 0.15) is 38.7 Å². The molecule has 3 heteroatoms. The zero-order valence-electron chi connectivity index (χ0n) is 11.9. The van der Waals surface area contributed by atoms with Gasteiger partial charge in [-0.3, -0.25) is 4.79 Å². The molecule has 1 fully saturated rings. The van der Waals surface area contributed by atoms with Gasteiger partial charge in [0.1, 0.15) is 5.75 Å². The molecule has 1 aromatic carbocycles. The Labute approximate surface area is 115 Å². The van der Waals surface area contributed by atoms with Gasteiger partial charge in [-0.15, -0.1) is 0 Å². The van der Waals surface area contributed by atoms with Crippen molar-refractivity contribution in [3.8, 4) is 5.75 Å². The Morgan fingerprint density at radius 1 is 1.32 bits per heavy atom. The fraction of sp³-hybridized carbons (Fsp3) is 0.562. The minimum atomic E-state index is -0.398. The molecule has 2 rings (SSSR count). The van der Waals surface area contributed by atoms with Crippen molar-refractivity contribution in [1.82, 2.24) is 4.90 Å². The molecule has 19 heavy (non-hydrogen) atoms. The molecule has 0 saturated carbocycles. The van der Waals surface area contributed by atoms with E-state index in [1.165, 1.54) is 12.0 Å². The van der Waals surface area contributed by atoms with Crippen LogP contribution in [0.15, 0.2) is 24.3 Å². The van der Waals surface area contributed by atoms with E-state index >= 15 is 0 Å². The summed E-state index contributed by atoms with van der Waals surface area (Å²) in [5.74, 6) is 0.902. The van der Waals surface area contributed by atoms with E-state index in [9.17, 15) is 4.79 Å². The van der Waals surface area contributed by atoms with E-state index in [-0.39, 0.29) is 5.91 Å². The number of amides is 1. The average Bonchev–Trinajstić information content (AvgIpc) is 2.47. The lowest BCUT2D eigenvalue weighted by Gasteiger charge is -2.29. The van der Waals surface area contributed by atoms with Gasteiger partial charge in [-0.1, -0.05) is 19.1 Å². The van der Waals surface area contributed by atoms with Gasteiger partial charge in [0.05, 0.1) is 0 Å². The van der Waals surface area contributed by atoms with Crippen LogP contribution >= 0.6 is 0 Å². The summed E-state index contributed by atoms with van der Waals surface area (Å²) in [6, 6.07) is 7.98. The first-order valence-electron chi connectivity index (χ1n) is 7.25. The summed E-state index contributed by atoms with van der Waals surface area (Å²) >= 11 is 0. The molecular weight excluding hydrogens is 238 g/mol. The van der Waals surface area contributed by atoms with E-state index in [1.54, 1.807) is 0 Å². The van der Waals surface area contributed by atoms with Crippen LogP contribution in [0.4, 0.5) is 0 Å². The molecule has 1 atom stereocenters. The van der Waals surface area contributed by atoms with Crippen LogP contribution in [0, 0.1) is 0 Å². The predicted octanol–water partition coefficient (Wildman–Crippen LogP) is 3.03. The highest BCUT2D eigenvalue weighted by Crippen LogP contribution is 2.17. The predicted molar refractivity (Wildman–Crippen MR) is 76.3 cm³/mol. The van der Waals surface area contributed by atoms with Crippen LogP contribution in [-0.2, 0) is 11.2 Å². The Kier molecular flexibility index (Phi) is 4.83. The van der Waals surface area contributed by atoms with E-state index < -0.39 is 6.10 Å². The zero-order valence-corrected chi connectivity index (χ0v) is 11.9. The Balaban J connectivity index is 1.95. The third-order valence-electron chi connectivity index (χ3n) is 3.64. The van der Waals surface area contributed by atoms with Crippen LogP contribution in [0.3, 0.4) is 0 Å². The summed E-state index contributed by atoms with van der Waals surface area (Å²) in [4.78, 5) is 14.2. The molecular formula is C16H23NO2. The molecule has 1 amide bonds. The second-order valence-corrected chi connectivity index (χ2v) is 5.15. The van der Waals surface area contributed by atoms with Crippen molar-refractivity contribution in [2.45, 2.75) is 45.6 Å². The Hall–Kier alpha value is -1.51. The second-order valence-electron chi connectivity index (χ2n) is 5.15. The fourth-order valence-corrected chi connectivity index (χ4v) is 2.46. The Morgan fingerprint density at radius 3 is 2.74 bits per heavy atom. The van der Waals surface area contributed by atoms with Crippen LogP contribution in [-0.4, -0.2) is 30.0 Å². The zero-order chi connectivity index (χ0) is 13.7. The highest BCUT2D eigenvalue weighted by molar-refractivity contribution is 5.81. The van der Waals surface area contributed by atoms with Gasteiger partial charge in [0.15, 0.2) is 6.10 Å². The molecule has 0 aromatic heterocycles. The van der Waals surface area contributed by atoms with Gasteiger partial charge in [-0.25, -0.2) is 0 Å². The molecule has 0 spiro atoms. The number of carbonyl (C=O) groups is 1. The minimum absolute atomic E-state index is 0.113. The van der Waals surface area contributed by atoms with E-state index in [1.807, 2.05) is 30.0 Å². The summed E-state index contributed by atoms with van der Waals surface area (Å²) in [6.45, 7) is 5.71. The quantitative estimate of drug-likeness (QED) is 0.833. The van der Waals surface area contributed by atoms with Crippen LogP contribution in [0.25, 0.3) is 0 Å². The number of ether oxygens (including phenoxy) is 1. The molecule has 1 heterocycles. The maximum Gasteiger partial charge on any atom is 0.263 e. The molecule has 0 unspecified atom stereocenters. The molecule has 1 aliphatic rings.